The van der Waals surface area contributed by atoms with Gasteiger partial charge in [-0.2, -0.15) is 0 Å². The summed E-state index contributed by atoms with van der Waals surface area (Å²) in [5.41, 5.74) is 0. The van der Waals surface area contributed by atoms with Crippen LogP contribution in [-0.4, -0.2) is 16.1 Å². The van der Waals surface area contributed by atoms with Crippen LogP contribution in [0.3, 0.4) is 0 Å². The number of hydrogen-bond donors (Lipinski definition) is 0. The molecule has 27 heavy (non-hydrogen) atoms. The van der Waals surface area contributed by atoms with Crippen LogP contribution in [0.4, 0.5) is 0 Å². The van der Waals surface area contributed by atoms with Crippen molar-refractivity contribution in [2.75, 3.05) is 0 Å². The third-order valence-electron chi connectivity index (χ3n) is 3.72. The highest BCUT2D eigenvalue weighted by Gasteiger charge is 2.05. The number of rotatable bonds is 2. The zero-order valence-electron chi connectivity index (χ0n) is 14.8. The van der Waals surface area contributed by atoms with Gasteiger partial charge in [0.15, 0.2) is 0 Å². The minimum absolute atomic E-state index is 0.145. The molecule has 0 aliphatic rings. The van der Waals surface area contributed by atoms with Gasteiger partial charge in [-0.1, -0.05) is 49.5 Å². The SMILES string of the molecule is CC(C)Oc1nccc2cc(Br)ccc12.Clc1nccc2cc(Br)ccc12. The highest BCUT2D eigenvalue weighted by molar-refractivity contribution is 9.10. The van der Waals surface area contributed by atoms with Crippen molar-refractivity contribution >= 4 is 65.0 Å². The van der Waals surface area contributed by atoms with E-state index in [-0.39, 0.29) is 6.10 Å². The van der Waals surface area contributed by atoms with E-state index in [0.29, 0.717) is 11.0 Å². The first-order valence-corrected chi connectivity index (χ1v) is 10.3. The van der Waals surface area contributed by atoms with Crippen LogP contribution in [0.2, 0.25) is 5.15 Å². The number of fused-ring (bicyclic) bond motifs is 2. The number of pyridine rings is 2. The summed E-state index contributed by atoms with van der Waals surface area (Å²) in [6.45, 7) is 4.00. The summed E-state index contributed by atoms with van der Waals surface area (Å²) in [7, 11) is 0. The molecular weight excluding hydrogens is 492 g/mol. The number of nitrogens with zero attached hydrogens (tertiary/aromatic N) is 2. The molecule has 6 heteroatoms. The molecule has 4 rings (SSSR count). The van der Waals surface area contributed by atoms with E-state index in [1.807, 2.05) is 56.3 Å². The van der Waals surface area contributed by atoms with Crippen molar-refractivity contribution in [2.45, 2.75) is 20.0 Å². The normalized spacial score (nSPS) is 10.7. The second-order valence-corrected chi connectivity index (χ2v) is 8.30. The summed E-state index contributed by atoms with van der Waals surface area (Å²) in [6.07, 6.45) is 3.62. The molecule has 0 N–H and O–H groups in total. The third kappa shape index (κ3) is 5.18. The summed E-state index contributed by atoms with van der Waals surface area (Å²) in [5, 5.41) is 4.83. The predicted octanol–water partition coefficient (Wildman–Crippen LogP) is 7.44. The van der Waals surface area contributed by atoms with Crippen LogP contribution in [0.5, 0.6) is 5.88 Å². The van der Waals surface area contributed by atoms with Gasteiger partial charge in [0, 0.05) is 32.1 Å². The van der Waals surface area contributed by atoms with Crippen molar-refractivity contribution in [1.29, 1.82) is 0 Å². The minimum atomic E-state index is 0.145. The average molecular weight is 509 g/mol. The van der Waals surface area contributed by atoms with Crippen molar-refractivity contribution in [3.8, 4) is 5.88 Å². The minimum Gasteiger partial charge on any atom is -0.475 e. The average Bonchev–Trinajstić information content (AvgIpc) is 2.62. The van der Waals surface area contributed by atoms with Gasteiger partial charge in [0.1, 0.15) is 5.15 Å². The van der Waals surface area contributed by atoms with Gasteiger partial charge in [-0.15, -0.1) is 0 Å². The monoisotopic (exact) mass is 506 g/mol. The molecule has 0 aliphatic heterocycles. The first-order valence-electron chi connectivity index (χ1n) is 8.35. The fourth-order valence-electron chi connectivity index (χ4n) is 2.55. The quantitative estimate of drug-likeness (QED) is 0.264. The third-order valence-corrected chi connectivity index (χ3v) is 5.00. The fourth-order valence-corrected chi connectivity index (χ4v) is 3.54. The van der Waals surface area contributed by atoms with E-state index in [2.05, 4.69) is 47.9 Å². The highest BCUT2D eigenvalue weighted by atomic mass is 79.9. The number of benzene rings is 2. The zero-order valence-corrected chi connectivity index (χ0v) is 18.7. The van der Waals surface area contributed by atoms with E-state index in [4.69, 9.17) is 16.3 Å². The molecule has 2 aromatic carbocycles. The largest absolute Gasteiger partial charge is 0.475 e. The lowest BCUT2D eigenvalue weighted by molar-refractivity contribution is 0.236. The smallest absolute Gasteiger partial charge is 0.221 e. The molecule has 0 radical (unpaired) electrons. The van der Waals surface area contributed by atoms with Gasteiger partial charge in [0.25, 0.3) is 0 Å². The standard InChI is InChI=1S/C12H12BrNO.C9H5BrClN/c1-8(2)15-12-11-4-3-10(13)7-9(11)5-6-14-12;10-7-1-2-8-6(5-7)3-4-12-9(8)11/h3-8H,1-2H3;1-5H. The van der Waals surface area contributed by atoms with Gasteiger partial charge >= 0.3 is 0 Å². The van der Waals surface area contributed by atoms with Gasteiger partial charge < -0.3 is 4.74 Å². The van der Waals surface area contributed by atoms with Crippen molar-refractivity contribution in [2.24, 2.45) is 0 Å². The molecule has 3 nitrogen and oxygen atoms in total. The van der Waals surface area contributed by atoms with E-state index in [9.17, 15) is 0 Å². The second kappa shape index (κ2) is 9.00. The second-order valence-electron chi connectivity index (χ2n) is 6.12. The number of hydrogen-bond acceptors (Lipinski definition) is 3. The summed E-state index contributed by atoms with van der Waals surface area (Å²) in [4.78, 5) is 8.23. The number of ether oxygens (including phenoxy) is 1. The lowest BCUT2D eigenvalue weighted by Gasteiger charge is -2.10. The Morgan fingerprint density at radius 2 is 1.37 bits per heavy atom. The van der Waals surface area contributed by atoms with Gasteiger partial charge in [0.05, 0.1) is 6.10 Å². The Balaban J connectivity index is 0.000000159. The van der Waals surface area contributed by atoms with Crippen molar-refractivity contribution in [1.82, 2.24) is 9.97 Å². The molecule has 0 atom stereocenters. The van der Waals surface area contributed by atoms with Crippen LogP contribution in [0.1, 0.15) is 13.8 Å². The summed E-state index contributed by atoms with van der Waals surface area (Å²) >= 11 is 12.7. The summed E-state index contributed by atoms with van der Waals surface area (Å²) in [6, 6.07) is 15.9. The molecule has 138 valence electrons. The molecule has 0 saturated carbocycles. The van der Waals surface area contributed by atoms with Gasteiger partial charge in [0.2, 0.25) is 5.88 Å². The first-order chi connectivity index (χ1) is 12.9. The van der Waals surface area contributed by atoms with Crippen molar-refractivity contribution < 1.29 is 4.74 Å². The van der Waals surface area contributed by atoms with E-state index in [1.165, 1.54) is 0 Å². The molecule has 0 bridgehead atoms. The Morgan fingerprint density at radius 1 is 0.815 bits per heavy atom. The molecule has 4 aromatic rings. The molecule has 0 unspecified atom stereocenters. The van der Waals surface area contributed by atoms with Gasteiger partial charge in [-0.3, -0.25) is 0 Å². The van der Waals surface area contributed by atoms with Crippen LogP contribution in [-0.2, 0) is 0 Å². The van der Waals surface area contributed by atoms with E-state index >= 15 is 0 Å². The maximum Gasteiger partial charge on any atom is 0.221 e. The van der Waals surface area contributed by atoms with Crippen LogP contribution in [0.15, 0.2) is 69.9 Å². The highest BCUT2D eigenvalue weighted by Crippen LogP contribution is 2.26. The molecule has 2 heterocycles. The maximum atomic E-state index is 5.88. The Morgan fingerprint density at radius 3 is 2.00 bits per heavy atom. The van der Waals surface area contributed by atoms with Gasteiger partial charge in [-0.25, -0.2) is 9.97 Å². The Kier molecular flexibility index (Phi) is 6.68. The topological polar surface area (TPSA) is 35.0 Å². The number of halogens is 3. The maximum absolute atomic E-state index is 5.88. The van der Waals surface area contributed by atoms with Crippen LogP contribution in [0.25, 0.3) is 21.5 Å². The lowest BCUT2D eigenvalue weighted by Crippen LogP contribution is -2.07. The Bertz CT molecular complexity index is 1090. The summed E-state index contributed by atoms with van der Waals surface area (Å²) < 4.78 is 7.76. The van der Waals surface area contributed by atoms with E-state index in [0.717, 1.165) is 30.5 Å². The van der Waals surface area contributed by atoms with Crippen LogP contribution < -0.4 is 4.74 Å². The molecular formula is C21H17Br2ClN2O. The van der Waals surface area contributed by atoms with Gasteiger partial charge in [-0.05, 0) is 67.1 Å². The zero-order chi connectivity index (χ0) is 19.4. The fraction of sp³-hybridized carbons (Fsp3) is 0.143. The predicted molar refractivity (Wildman–Crippen MR) is 120 cm³/mol. The van der Waals surface area contributed by atoms with E-state index < -0.39 is 0 Å². The Labute approximate surface area is 180 Å². The van der Waals surface area contributed by atoms with Crippen molar-refractivity contribution in [3.63, 3.8) is 0 Å². The molecule has 0 amide bonds. The molecule has 2 aromatic heterocycles. The van der Waals surface area contributed by atoms with Crippen LogP contribution >= 0.6 is 43.5 Å². The van der Waals surface area contributed by atoms with Crippen LogP contribution in [0, 0.1) is 0 Å². The summed E-state index contributed by atoms with van der Waals surface area (Å²) in [5.74, 6) is 0.704. The first kappa shape index (κ1) is 20.1. The molecule has 0 aliphatic carbocycles. The molecule has 0 fully saturated rings. The molecule has 0 spiro atoms. The lowest BCUT2D eigenvalue weighted by atomic mass is 10.2. The van der Waals surface area contributed by atoms with Crippen molar-refractivity contribution in [3.05, 3.63) is 75.0 Å². The number of aromatic nitrogens is 2. The molecule has 0 saturated heterocycles. The Hall–Kier alpha value is -1.69. The van der Waals surface area contributed by atoms with E-state index in [1.54, 1.807) is 12.4 Å².